The monoisotopic (exact) mass is 441 g/mol. The summed E-state index contributed by atoms with van der Waals surface area (Å²) in [6, 6.07) is 23.0. The van der Waals surface area contributed by atoms with E-state index in [1.165, 1.54) is 6.08 Å². The zero-order valence-electron chi connectivity index (χ0n) is 18.3. The van der Waals surface area contributed by atoms with Gasteiger partial charge in [-0.3, -0.25) is 9.59 Å². The highest BCUT2D eigenvalue weighted by atomic mass is 16.5. The zero-order chi connectivity index (χ0) is 23.6. The lowest BCUT2D eigenvalue weighted by molar-refractivity contribution is -0.118. The number of ether oxygens (including phenoxy) is 2. The van der Waals surface area contributed by atoms with E-state index in [2.05, 4.69) is 10.6 Å². The Balaban J connectivity index is 1.62. The van der Waals surface area contributed by atoms with E-state index in [4.69, 9.17) is 9.47 Å². The average molecular weight is 441 g/mol. The van der Waals surface area contributed by atoms with Gasteiger partial charge in [0.2, 0.25) is 0 Å². The van der Waals surface area contributed by atoms with Crippen LogP contribution in [0.2, 0.25) is 0 Å². The number of hydrogen-bond donors (Lipinski definition) is 2. The normalized spacial score (nSPS) is 10.6. The van der Waals surface area contributed by atoms with Crippen LogP contribution in [0.3, 0.4) is 0 Å². The summed E-state index contributed by atoms with van der Waals surface area (Å²) in [6.45, 7) is 1.77. The predicted molar refractivity (Wildman–Crippen MR) is 127 cm³/mol. The van der Waals surface area contributed by atoms with Crippen LogP contribution in [0.15, 0.2) is 78.4 Å². The topological polar surface area (TPSA) is 100 Å². The molecule has 0 unspecified atom stereocenters. The number of nitrogens with one attached hydrogen (secondary N) is 2. The number of hydrogen-bond acceptors (Lipinski definition) is 5. The molecule has 0 spiro atoms. The zero-order valence-corrected chi connectivity index (χ0v) is 18.3. The number of aryl methyl sites for hydroxylation is 1. The van der Waals surface area contributed by atoms with Crippen LogP contribution in [0, 0.1) is 18.3 Å². The lowest BCUT2D eigenvalue weighted by Crippen LogP contribution is -2.20. The van der Waals surface area contributed by atoms with E-state index in [-0.39, 0.29) is 18.1 Å². The van der Waals surface area contributed by atoms with Crippen molar-refractivity contribution in [1.82, 2.24) is 0 Å². The number of methoxy groups -OCH3 is 1. The molecule has 0 fully saturated rings. The van der Waals surface area contributed by atoms with E-state index in [9.17, 15) is 14.9 Å². The second kappa shape index (κ2) is 11.2. The molecule has 3 aromatic rings. The van der Waals surface area contributed by atoms with Crippen LogP contribution in [0.5, 0.6) is 11.5 Å². The van der Waals surface area contributed by atoms with Crippen molar-refractivity contribution in [2.45, 2.75) is 6.92 Å². The van der Waals surface area contributed by atoms with E-state index in [1.54, 1.807) is 61.7 Å². The quantitative estimate of drug-likeness (QED) is 0.394. The molecule has 0 bridgehead atoms. The molecule has 2 amide bonds. The van der Waals surface area contributed by atoms with Gasteiger partial charge in [0.15, 0.2) is 6.61 Å². The number of rotatable bonds is 8. The molecule has 0 aliphatic heterocycles. The molecule has 0 saturated carbocycles. The summed E-state index contributed by atoms with van der Waals surface area (Å²) >= 11 is 0. The van der Waals surface area contributed by atoms with Gasteiger partial charge < -0.3 is 20.1 Å². The molecule has 0 atom stereocenters. The molecule has 0 radical (unpaired) electrons. The Morgan fingerprint density at radius 2 is 1.70 bits per heavy atom. The van der Waals surface area contributed by atoms with Crippen molar-refractivity contribution in [2.24, 2.45) is 0 Å². The van der Waals surface area contributed by atoms with Gasteiger partial charge in [-0.1, -0.05) is 24.3 Å². The van der Waals surface area contributed by atoms with Gasteiger partial charge in [0, 0.05) is 11.4 Å². The summed E-state index contributed by atoms with van der Waals surface area (Å²) in [7, 11) is 1.55. The number of benzene rings is 3. The summed E-state index contributed by atoms with van der Waals surface area (Å²) in [4.78, 5) is 24.6. The molecular weight excluding hydrogens is 418 g/mol. The standard InChI is InChI=1S/C26H23N3O4/c1-18-5-3-7-22(13-18)28-25(30)17-33-24-8-4-6-19(15-24)14-20(16-27)26(31)29-21-9-11-23(32-2)12-10-21/h3-15H,17H2,1-2H3,(H,28,30)(H,29,31)/b20-14-. The fraction of sp³-hybridized carbons (Fsp3) is 0.115. The van der Waals surface area contributed by atoms with Crippen molar-refractivity contribution in [3.63, 3.8) is 0 Å². The maximum absolute atomic E-state index is 12.5. The first-order valence-electron chi connectivity index (χ1n) is 10.1. The molecule has 33 heavy (non-hydrogen) atoms. The Kier molecular flexibility index (Phi) is 7.81. The van der Waals surface area contributed by atoms with Crippen LogP contribution >= 0.6 is 0 Å². The van der Waals surface area contributed by atoms with Gasteiger partial charge in [-0.05, 0) is 72.7 Å². The molecule has 7 nitrogen and oxygen atoms in total. The van der Waals surface area contributed by atoms with Gasteiger partial charge in [-0.15, -0.1) is 0 Å². The third-order valence-electron chi connectivity index (χ3n) is 4.55. The lowest BCUT2D eigenvalue weighted by atomic mass is 10.1. The van der Waals surface area contributed by atoms with Crippen molar-refractivity contribution < 1.29 is 19.1 Å². The highest BCUT2D eigenvalue weighted by Gasteiger charge is 2.10. The SMILES string of the molecule is COc1ccc(NC(=O)/C(C#N)=C\c2cccc(OCC(=O)Nc3cccc(C)c3)c2)cc1. The number of nitriles is 1. The molecule has 0 aliphatic carbocycles. The fourth-order valence-electron chi connectivity index (χ4n) is 2.95. The van der Waals surface area contributed by atoms with Crippen LogP contribution in [0.1, 0.15) is 11.1 Å². The van der Waals surface area contributed by atoms with E-state index in [0.29, 0.717) is 28.4 Å². The molecule has 3 rings (SSSR count). The molecule has 166 valence electrons. The number of anilines is 2. The summed E-state index contributed by atoms with van der Waals surface area (Å²) in [5.41, 5.74) is 2.80. The van der Waals surface area contributed by atoms with E-state index < -0.39 is 5.91 Å². The highest BCUT2D eigenvalue weighted by molar-refractivity contribution is 6.09. The Bertz CT molecular complexity index is 1210. The Hall–Kier alpha value is -4.57. The van der Waals surface area contributed by atoms with Crippen LogP contribution in [-0.2, 0) is 9.59 Å². The second-order valence-corrected chi connectivity index (χ2v) is 7.13. The molecule has 3 aromatic carbocycles. The van der Waals surface area contributed by atoms with Crippen LogP contribution in [0.25, 0.3) is 6.08 Å². The molecule has 0 heterocycles. The van der Waals surface area contributed by atoms with Crippen molar-refractivity contribution >= 4 is 29.3 Å². The smallest absolute Gasteiger partial charge is 0.266 e. The first kappa shape index (κ1) is 23.1. The molecular formula is C26H23N3O4. The van der Waals surface area contributed by atoms with Crippen molar-refractivity contribution in [1.29, 1.82) is 5.26 Å². The van der Waals surface area contributed by atoms with Gasteiger partial charge in [-0.2, -0.15) is 5.26 Å². The fourth-order valence-corrected chi connectivity index (χ4v) is 2.95. The van der Waals surface area contributed by atoms with Gasteiger partial charge >= 0.3 is 0 Å². The number of nitrogens with zero attached hydrogens (tertiary/aromatic N) is 1. The minimum absolute atomic E-state index is 0.0693. The van der Waals surface area contributed by atoms with Gasteiger partial charge in [0.05, 0.1) is 7.11 Å². The Morgan fingerprint density at radius 1 is 0.939 bits per heavy atom. The lowest BCUT2D eigenvalue weighted by Gasteiger charge is -2.09. The van der Waals surface area contributed by atoms with E-state index >= 15 is 0 Å². The second-order valence-electron chi connectivity index (χ2n) is 7.13. The molecule has 0 saturated heterocycles. The molecule has 0 aliphatic rings. The van der Waals surface area contributed by atoms with Crippen molar-refractivity contribution in [3.8, 4) is 17.6 Å². The number of amides is 2. The summed E-state index contributed by atoms with van der Waals surface area (Å²) in [5.74, 6) is 0.272. The summed E-state index contributed by atoms with van der Waals surface area (Å²) < 4.78 is 10.7. The summed E-state index contributed by atoms with van der Waals surface area (Å²) in [6.07, 6.45) is 1.46. The first-order chi connectivity index (χ1) is 16.0. The minimum Gasteiger partial charge on any atom is -0.497 e. The van der Waals surface area contributed by atoms with Gasteiger partial charge in [0.1, 0.15) is 23.1 Å². The van der Waals surface area contributed by atoms with Crippen LogP contribution in [-0.4, -0.2) is 25.5 Å². The van der Waals surface area contributed by atoms with E-state index in [1.807, 2.05) is 31.2 Å². The highest BCUT2D eigenvalue weighted by Crippen LogP contribution is 2.19. The van der Waals surface area contributed by atoms with Gasteiger partial charge in [0.25, 0.3) is 11.8 Å². The third-order valence-corrected chi connectivity index (χ3v) is 4.55. The predicted octanol–water partition coefficient (Wildman–Crippen LogP) is 4.57. The van der Waals surface area contributed by atoms with Gasteiger partial charge in [-0.25, -0.2) is 0 Å². The third kappa shape index (κ3) is 6.97. The minimum atomic E-state index is -0.536. The maximum atomic E-state index is 12.5. The molecule has 7 heteroatoms. The number of carbonyl (C=O) groups excluding carboxylic acids is 2. The number of carbonyl (C=O) groups is 2. The van der Waals surface area contributed by atoms with Crippen molar-refractivity contribution in [2.75, 3.05) is 24.4 Å². The summed E-state index contributed by atoms with van der Waals surface area (Å²) in [5, 5.41) is 14.9. The average Bonchev–Trinajstić information content (AvgIpc) is 2.82. The van der Waals surface area contributed by atoms with E-state index in [0.717, 1.165) is 5.56 Å². The van der Waals surface area contributed by atoms with Crippen LogP contribution < -0.4 is 20.1 Å². The first-order valence-corrected chi connectivity index (χ1v) is 10.1. The molecule has 2 N–H and O–H groups in total. The molecule has 0 aromatic heterocycles. The maximum Gasteiger partial charge on any atom is 0.266 e. The van der Waals surface area contributed by atoms with Crippen molar-refractivity contribution in [3.05, 3.63) is 89.5 Å². The largest absolute Gasteiger partial charge is 0.497 e. The Labute approximate surface area is 192 Å². The van der Waals surface area contributed by atoms with Crippen LogP contribution in [0.4, 0.5) is 11.4 Å². The Morgan fingerprint density at radius 3 is 2.39 bits per heavy atom.